The zero-order valence-electron chi connectivity index (χ0n) is 16.3. The normalized spacial score (nSPS) is 13.3. The van der Waals surface area contributed by atoms with Crippen molar-refractivity contribution in [2.75, 3.05) is 17.3 Å². The lowest BCUT2D eigenvalue weighted by molar-refractivity contribution is -0.383. The smallest absolute Gasteiger partial charge is 0.354 e. The molecule has 1 aromatic carbocycles. The molecule has 0 unspecified atom stereocenters. The van der Waals surface area contributed by atoms with E-state index in [2.05, 4.69) is 32.2 Å². The van der Waals surface area contributed by atoms with Gasteiger partial charge in [0.15, 0.2) is 0 Å². The highest BCUT2D eigenvalue weighted by molar-refractivity contribution is 5.95. The van der Waals surface area contributed by atoms with E-state index in [-0.39, 0.29) is 17.3 Å². The molecule has 9 heteroatoms. The maximum Gasteiger partial charge on any atom is 0.354 e. The van der Waals surface area contributed by atoms with Gasteiger partial charge in [-0.2, -0.15) is 0 Å². The molecule has 0 fully saturated rings. The Kier molecular flexibility index (Phi) is 6.72. The molecule has 0 aliphatic heterocycles. The number of carbonyl (C=O) groups excluding carboxylic acids is 1. The van der Waals surface area contributed by atoms with Crippen LogP contribution in [-0.4, -0.2) is 27.3 Å². The van der Waals surface area contributed by atoms with E-state index in [1.54, 1.807) is 12.1 Å². The lowest BCUT2D eigenvalue weighted by Gasteiger charge is -2.14. The van der Waals surface area contributed by atoms with Crippen LogP contribution in [0.15, 0.2) is 42.2 Å². The number of nitrogens with zero attached hydrogens (tertiary/aromatic N) is 3. The van der Waals surface area contributed by atoms with E-state index in [4.69, 9.17) is 0 Å². The van der Waals surface area contributed by atoms with Crippen molar-refractivity contribution in [3.63, 3.8) is 0 Å². The number of aromatic nitrogens is 2. The Morgan fingerprint density at radius 3 is 2.62 bits per heavy atom. The second-order valence-corrected chi connectivity index (χ2v) is 6.91. The number of amides is 1. The number of rotatable bonds is 8. The highest BCUT2D eigenvalue weighted by Gasteiger charge is 2.23. The zero-order chi connectivity index (χ0) is 20.6. The van der Waals surface area contributed by atoms with Gasteiger partial charge in [-0.05, 0) is 51.2 Å². The topological polar surface area (TPSA) is 122 Å². The summed E-state index contributed by atoms with van der Waals surface area (Å²) in [5, 5.41) is 14.6. The highest BCUT2D eigenvalue weighted by atomic mass is 16.6. The van der Waals surface area contributed by atoms with Crippen LogP contribution in [-0.2, 0) is 0 Å². The quantitative estimate of drug-likeness (QED) is 0.353. The molecule has 1 aromatic heterocycles. The fourth-order valence-electron chi connectivity index (χ4n) is 3.14. The van der Waals surface area contributed by atoms with Crippen molar-refractivity contribution in [2.24, 2.45) is 0 Å². The first kappa shape index (κ1) is 20.2. The maximum atomic E-state index is 12.2. The van der Waals surface area contributed by atoms with E-state index >= 15 is 0 Å². The van der Waals surface area contributed by atoms with Gasteiger partial charge in [0, 0.05) is 12.1 Å². The van der Waals surface area contributed by atoms with E-state index < -0.39 is 10.8 Å². The molecule has 1 aliphatic rings. The molecule has 2 aromatic rings. The average Bonchev–Trinajstić information content (AvgIpc) is 2.73. The first-order valence-electron chi connectivity index (χ1n) is 9.59. The summed E-state index contributed by atoms with van der Waals surface area (Å²) < 4.78 is 0. The van der Waals surface area contributed by atoms with Crippen molar-refractivity contribution >= 4 is 23.2 Å². The lowest BCUT2D eigenvalue weighted by Crippen LogP contribution is -2.30. The number of aryl methyl sites for hydroxylation is 1. The number of hydrogen-bond donors (Lipinski definition) is 3. The molecule has 9 nitrogen and oxygen atoms in total. The van der Waals surface area contributed by atoms with Crippen molar-refractivity contribution in [3.05, 3.63) is 63.5 Å². The maximum absolute atomic E-state index is 12.2. The van der Waals surface area contributed by atoms with E-state index in [1.165, 1.54) is 24.7 Å². The number of benzene rings is 1. The summed E-state index contributed by atoms with van der Waals surface area (Å²) in [6.07, 6.45) is 8.85. The molecule has 0 spiro atoms. The van der Waals surface area contributed by atoms with Crippen LogP contribution in [0.1, 0.15) is 48.0 Å². The largest absolute Gasteiger partial charge is 0.364 e. The molecular weight excluding hydrogens is 372 g/mol. The minimum atomic E-state index is -0.567. The second-order valence-electron chi connectivity index (χ2n) is 6.91. The summed E-state index contributed by atoms with van der Waals surface area (Å²) in [5.41, 5.74) is 7.50. The number of allylic oxidation sites excluding steroid dienone is 1. The fourth-order valence-corrected chi connectivity index (χ4v) is 3.14. The van der Waals surface area contributed by atoms with E-state index in [1.807, 2.05) is 19.1 Å². The van der Waals surface area contributed by atoms with E-state index in [0.29, 0.717) is 12.1 Å². The van der Waals surface area contributed by atoms with Crippen molar-refractivity contribution in [1.29, 1.82) is 0 Å². The summed E-state index contributed by atoms with van der Waals surface area (Å²) in [6.45, 7) is 2.46. The summed E-state index contributed by atoms with van der Waals surface area (Å²) >= 11 is 0. The van der Waals surface area contributed by atoms with Crippen molar-refractivity contribution in [2.45, 2.75) is 39.0 Å². The first-order chi connectivity index (χ1) is 14.0. The molecule has 3 rings (SSSR count). The lowest BCUT2D eigenvalue weighted by atomic mass is 9.97. The molecular formula is C20H24N6O3. The Morgan fingerprint density at radius 2 is 1.93 bits per heavy atom. The number of nitrogens with one attached hydrogen (secondary N) is 3. The predicted octanol–water partition coefficient (Wildman–Crippen LogP) is 3.75. The monoisotopic (exact) mass is 396 g/mol. The highest BCUT2D eigenvalue weighted by Crippen LogP contribution is 2.29. The Morgan fingerprint density at radius 1 is 1.17 bits per heavy atom. The van der Waals surface area contributed by atoms with Crippen LogP contribution in [0.25, 0.3) is 0 Å². The first-order valence-corrected chi connectivity index (χ1v) is 9.59. The van der Waals surface area contributed by atoms with Gasteiger partial charge in [-0.25, -0.2) is 9.97 Å². The second kappa shape index (κ2) is 9.63. The third-order valence-electron chi connectivity index (χ3n) is 4.74. The van der Waals surface area contributed by atoms with E-state index in [9.17, 15) is 14.9 Å². The zero-order valence-corrected chi connectivity index (χ0v) is 16.3. The van der Waals surface area contributed by atoms with Crippen LogP contribution in [0.3, 0.4) is 0 Å². The summed E-state index contributed by atoms with van der Waals surface area (Å²) in [7, 11) is 0. The van der Waals surface area contributed by atoms with Gasteiger partial charge in [0.25, 0.3) is 5.91 Å². The third kappa shape index (κ3) is 5.50. The Bertz CT molecular complexity index is 911. The molecule has 29 heavy (non-hydrogen) atoms. The van der Waals surface area contributed by atoms with E-state index in [0.717, 1.165) is 24.8 Å². The van der Waals surface area contributed by atoms with Gasteiger partial charge in [0.05, 0.1) is 4.92 Å². The van der Waals surface area contributed by atoms with Gasteiger partial charge in [0.1, 0.15) is 6.33 Å². The minimum absolute atomic E-state index is 0.0788. The van der Waals surface area contributed by atoms with Crippen molar-refractivity contribution < 1.29 is 9.72 Å². The Hall–Kier alpha value is -3.49. The molecule has 152 valence electrons. The molecule has 0 saturated heterocycles. The third-order valence-corrected chi connectivity index (χ3v) is 4.74. The molecule has 0 radical (unpaired) electrons. The Labute approximate surface area is 168 Å². The van der Waals surface area contributed by atoms with Gasteiger partial charge in [-0.1, -0.05) is 29.3 Å². The number of hydrazine groups is 1. The Balaban J connectivity index is 1.65. The van der Waals surface area contributed by atoms with Crippen LogP contribution >= 0.6 is 0 Å². The van der Waals surface area contributed by atoms with Gasteiger partial charge >= 0.3 is 5.69 Å². The van der Waals surface area contributed by atoms with Crippen LogP contribution in [0.2, 0.25) is 0 Å². The van der Waals surface area contributed by atoms with Crippen LogP contribution in [0, 0.1) is 17.0 Å². The van der Waals surface area contributed by atoms with Gasteiger partial charge in [-0.3, -0.25) is 25.8 Å². The SMILES string of the molecule is Cc1ccc(C(=O)NNc2ncnc(NCCC3=CCCCC3)c2[N+](=O)[O-])cc1. The minimum Gasteiger partial charge on any atom is -0.364 e. The van der Waals surface area contributed by atoms with Crippen LogP contribution < -0.4 is 16.2 Å². The molecule has 1 amide bonds. The molecule has 0 bridgehead atoms. The van der Waals surface area contributed by atoms with Gasteiger partial charge in [-0.15, -0.1) is 0 Å². The number of hydrogen-bond acceptors (Lipinski definition) is 7. The predicted molar refractivity (Wildman–Crippen MR) is 111 cm³/mol. The number of nitro groups is 1. The summed E-state index contributed by atoms with van der Waals surface area (Å²) in [4.78, 5) is 31.2. The number of carbonyl (C=O) groups is 1. The molecule has 0 saturated carbocycles. The van der Waals surface area contributed by atoms with Crippen LogP contribution in [0.5, 0.6) is 0 Å². The van der Waals surface area contributed by atoms with Crippen LogP contribution in [0.4, 0.5) is 17.3 Å². The van der Waals surface area contributed by atoms with Gasteiger partial charge in [0.2, 0.25) is 11.6 Å². The average molecular weight is 396 g/mol. The summed E-state index contributed by atoms with van der Waals surface area (Å²) in [6, 6.07) is 6.97. The fraction of sp³-hybridized carbons (Fsp3) is 0.350. The molecule has 1 aliphatic carbocycles. The summed E-state index contributed by atoms with van der Waals surface area (Å²) in [5.74, 6) is -0.380. The van der Waals surface area contributed by atoms with Gasteiger partial charge < -0.3 is 5.32 Å². The van der Waals surface area contributed by atoms with Crippen molar-refractivity contribution in [3.8, 4) is 0 Å². The molecule has 3 N–H and O–H groups in total. The van der Waals surface area contributed by atoms with Crippen molar-refractivity contribution in [1.82, 2.24) is 15.4 Å². The standard InChI is InChI=1S/C20H24N6O3/c1-14-7-9-16(10-8-14)20(27)25-24-19-17(26(28)29)18(22-13-23-19)21-12-11-15-5-3-2-4-6-15/h5,7-10,13H,2-4,6,11-12H2,1H3,(H,25,27)(H2,21,22,23,24). The molecule has 1 heterocycles. The number of anilines is 2. The molecule has 0 atom stereocenters.